The van der Waals surface area contributed by atoms with Crippen molar-refractivity contribution >= 4 is 40.3 Å². The minimum Gasteiger partial charge on any atom is -0.310 e. The number of halogens is 2. The summed E-state index contributed by atoms with van der Waals surface area (Å²) in [6.45, 7) is 15.3. The average molecular weight is 440 g/mol. The number of rotatable bonds is 3. The van der Waals surface area contributed by atoms with E-state index in [1.165, 1.54) is 11.1 Å². The number of nitrogens with zero attached hydrogens (tertiary/aromatic N) is 1. The van der Waals surface area contributed by atoms with Crippen LogP contribution in [-0.4, -0.2) is 0 Å². The third-order valence-electron chi connectivity index (χ3n) is 5.51. The molecule has 0 unspecified atom stereocenters. The molecule has 0 saturated carbocycles. The van der Waals surface area contributed by atoms with E-state index in [0.717, 1.165) is 22.6 Å². The van der Waals surface area contributed by atoms with E-state index in [9.17, 15) is 0 Å². The Balaban J connectivity index is 2.14. The van der Waals surface area contributed by atoms with Crippen LogP contribution in [0, 0.1) is 6.92 Å². The van der Waals surface area contributed by atoms with Crippen molar-refractivity contribution in [2.45, 2.75) is 59.3 Å². The maximum Gasteiger partial charge on any atom is 0.0491 e. The summed E-state index contributed by atoms with van der Waals surface area (Å²) < 4.78 is 0. The third kappa shape index (κ3) is 4.85. The fourth-order valence-corrected chi connectivity index (χ4v) is 3.90. The van der Waals surface area contributed by atoms with E-state index in [1.807, 2.05) is 19.1 Å². The van der Waals surface area contributed by atoms with Gasteiger partial charge in [-0.05, 0) is 70.8 Å². The molecule has 3 heteroatoms. The van der Waals surface area contributed by atoms with E-state index in [0.29, 0.717) is 10.0 Å². The summed E-state index contributed by atoms with van der Waals surface area (Å²) in [5.41, 5.74) is 6.80. The molecule has 0 radical (unpaired) electrons. The molecule has 0 aliphatic heterocycles. The molecular weight excluding hydrogens is 409 g/mol. The fourth-order valence-electron chi connectivity index (χ4n) is 3.43. The molecule has 0 spiro atoms. The van der Waals surface area contributed by atoms with Gasteiger partial charge in [0.2, 0.25) is 0 Å². The van der Waals surface area contributed by atoms with Crippen molar-refractivity contribution in [3.05, 3.63) is 87.4 Å². The first-order valence-corrected chi connectivity index (χ1v) is 11.1. The number of hydrogen-bond donors (Lipinski definition) is 0. The van der Waals surface area contributed by atoms with Crippen LogP contribution in [0.15, 0.2) is 60.7 Å². The zero-order valence-electron chi connectivity index (χ0n) is 19.0. The van der Waals surface area contributed by atoms with Gasteiger partial charge in [-0.25, -0.2) is 0 Å². The van der Waals surface area contributed by atoms with Gasteiger partial charge < -0.3 is 4.90 Å². The van der Waals surface area contributed by atoms with Crippen molar-refractivity contribution in [1.82, 2.24) is 0 Å². The number of hydrogen-bond acceptors (Lipinski definition) is 1. The first-order valence-electron chi connectivity index (χ1n) is 10.3. The molecule has 0 bridgehead atoms. The lowest BCUT2D eigenvalue weighted by Crippen LogP contribution is -2.14. The predicted molar refractivity (Wildman–Crippen MR) is 133 cm³/mol. The second-order valence-corrected chi connectivity index (χ2v) is 10.8. The molecule has 3 aromatic carbocycles. The second-order valence-electron chi connectivity index (χ2n) is 9.96. The summed E-state index contributed by atoms with van der Waals surface area (Å²) in [7, 11) is 0. The van der Waals surface area contributed by atoms with Crippen molar-refractivity contribution in [2.75, 3.05) is 4.90 Å². The highest BCUT2D eigenvalue weighted by Gasteiger charge is 2.19. The molecule has 158 valence electrons. The highest BCUT2D eigenvalue weighted by atomic mass is 35.5. The minimum absolute atomic E-state index is 0.105. The molecule has 0 amide bonds. The maximum absolute atomic E-state index is 6.50. The summed E-state index contributed by atoms with van der Waals surface area (Å²) in [4.78, 5) is 2.20. The van der Waals surface area contributed by atoms with Crippen LogP contribution in [0.3, 0.4) is 0 Å². The summed E-state index contributed by atoms with van der Waals surface area (Å²) in [5, 5.41) is 1.33. The van der Waals surface area contributed by atoms with Gasteiger partial charge in [0, 0.05) is 27.1 Å². The Morgan fingerprint density at radius 2 is 0.900 bits per heavy atom. The van der Waals surface area contributed by atoms with Crippen molar-refractivity contribution < 1.29 is 0 Å². The molecule has 3 aromatic rings. The van der Waals surface area contributed by atoms with Crippen LogP contribution < -0.4 is 4.90 Å². The van der Waals surface area contributed by atoms with Gasteiger partial charge in [-0.2, -0.15) is 0 Å². The van der Waals surface area contributed by atoms with Gasteiger partial charge >= 0.3 is 0 Å². The number of benzene rings is 3. The average Bonchev–Trinajstić information content (AvgIpc) is 2.66. The molecule has 0 aliphatic carbocycles. The molecule has 30 heavy (non-hydrogen) atoms. The monoisotopic (exact) mass is 439 g/mol. The predicted octanol–water partition coefficient (Wildman–Crippen LogP) is 9.37. The Bertz CT molecular complexity index is 940. The van der Waals surface area contributed by atoms with E-state index in [-0.39, 0.29) is 10.8 Å². The van der Waals surface area contributed by atoms with Gasteiger partial charge in [-0.3, -0.25) is 0 Å². The van der Waals surface area contributed by atoms with Crippen LogP contribution in [0.2, 0.25) is 10.0 Å². The second kappa shape index (κ2) is 8.29. The van der Waals surface area contributed by atoms with Crippen LogP contribution in [0.1, 0.15) is 58.2 Å². The Hall–Kier alpha value is -1.96. The van der Waals surface area contributed by atoms with Gasteiger partial charge in [0.1, 0.15) is 0 Å². The van der Waals surface area contributed by atoms with E-state index < -0.39 is 0 Å². The van der Waals surface area contributed by atoms with Crippen molar-refractivity contribution in [1.29, 1.82) is 0 Å². The molecule has 0 atom stereocenters. The summed E-state index contributed by atoms with van der Waals surface area (Å²) >= 11 is 13.0. The van der Waals surface area contributed by atoms with Crippen molar-refractivity contribution in [3.8, 4) is 0 Å². The molecular formula is C27H31Cl2N. The lowest BCUT2D eigenvalue weighted by molar-refractivity contribution is 0.590. The highest BCUT2D eigenvalue weighted by Crippen LogP contribution is 2.40. The Morgan fingerprint density at radius 3 is 1.20 bits per heavy atom. The zero-order chi connectivity index (χ0) is 22.3. The van der Waals surface area contributed by atoms with Gasteiger partial charge in [0.05, 0.1) is 0 Å². The number of anilines is 3. The Labute approximate surface area is 191 Å². The lowest BCUT2D eigenvalue weighted by atomic mass is 9.86. The summed E-state index contributed by atoms with van der Waals surface area (Å²) in [6.07, 6.45) is 0. The standard InChI is InChI=1S/C27H31Cl2N/c1-18-24(28)16-23(17-25(18)29)30(21-12-8-19(9-13-21)26(2,3)4)22-14-10-20(11-15-22)27(5,6)7/h8-17H,1-7H3. The molecule has 1 nitrogen and oxygen atoms in total. The van der Waals surface area contributed by atoms with E-state index in [1.54, 1.807) is 0 Å². The Morgan fingerprint density at radius 1 is 0.567 bits per heavy atom. The van der Waals surface area contributed by atoms with Crippen LogP contribution >= 0.6 is 23.2 Å². The SMILES string of the molecule is Cc1c(Cl)cc(N(c2ccc(C(C)(C)C)cc2)c2ccc(C(C)(C)C)cc2)cc1Cl. The molecule has 0 aromatic heterocycles. The van der Waals surface area contributed by atoms with Crippen LogP contribution in [0.5, 0.6) is 0 Å². The van der Waals surface area contributed by atoms with E-state index in [2.05, 4.69) is 95.0 Å². The highest BCUT2D eigenvalue weighted by molar-refractivity contribution is 6.36. The first kappa shape index (κ1) is 22.7. The fraction of sp³-hybridized carbons (Fsp3) is 0.333. The quantitative estimate of drug-likeness (QED) is 0.392. The lowest BCUT2D eigenvalue weighted by Gasteiger charge is -2.28. The largest absolute Gasteiger partial charge is 0.310 e. The van der Waals surface area contributed by atoms with Crippen LogP contribution in [0.4, 0.5) is 17.1 Å². The summed E-state index contributed by atoms with van der Waals surface area (Å²) in [5.74, 6) is 0. The van der Waals surface area contributed by atoms with Crippen molar-refractivity contribution in [2.24, 2.45) is 0 Å². The molecule has 3 rings (SSSR count). The summed E-state index contributed by atoms with van der Waals surface area (Å²) in [6, 6.07) is 21.4. The van der Waals surface area contributed by atoms with Crippen LogP contribution in [-0.2, 0) is 10.8 Å². The van der Waals surface area contributed by atoms with Gasteiger partial charge in [-0.15, -0.1) is 0 Å². The molecule has 0 aliphatic rings. The Kier molecular flexibility index (Phi) is 6.28. The third-order valence-corrected chi connectivity index (χ3v) is 6.29. The van der Waals surface area contributed by atoms with Gasteiger partial charge in [0.15, 0.2) is 0 Å². The first-order chi connectivity index (χ1) is 13.9. The normalized spacial score (nSPS) is 12.2. The molecule has 0 saturated heterocycles. The van der Waals surface area contributed by atoms with E-state index >= 15 is 0 Å². The molecule has 0 fully saturated rings. The van der Waals surface area contributed by atoms with E-state index in [4.69, 9.17) is 23.2 Å². The minimum atomic E-state index is 0.105. The van der Waals surface area contributed by atoms with Gasteiger partial charge in [-0.1, -0.05) is 89.0 Å². The smallest absolute Gasteiger partial charge is 0.0491 e. The van der Waals surface area contributed by atoms with Crippen LogP contribution in [0.25, 0.3) is 0 Å². The van der Waals surface area contributed by atoms with Gasteiger partial charge in [0.25, 0.3) is 0 Å². The maximum atomic E-state index is 6.50. The zero-order valence-corrected chi connectivity index (χ0v) is 20.5. The van der Waals surface area contributed by atoms with Crippen molar-refractivity contribution in [3.63, 3.8) is 0 Å². The molecule has 0 N–H and O–H groups in total. The topological polar surface area (TPSA) is 3.24 Å². The molecule has 0 heterocycles.